The molecule has 0 saturated heterocycles. The predicted molar refractivity (Wildman–Crippen MR) is 69.6 cm³/mol. The van der Waals surface area contributed by atoms with Gasteiger partial charge in [0, 0.05) is 16.5 Å². The van der Waals surface area contributed by atoms with Crippen molar-refractivity contribution >= 4 is 5.97 Å². The van der Waals surface area contributed by atoms with Gasteiger partial charge in [0.15, 0.2) is 0 Å². The van der Waals surface area contributed by atoms with Crippen LogP contribution in [0.4, 0.5) is 0 Å². The summed E-state index contributed by atoms with van der Waals surface area (Å²) in [5, 5.41) is 21.7. The quantitative estimate of drug-likeness (QED) is 0.319. The van der Waals surface area contributed by atoms with Gasteiger partial charge in [-0.05, 0) is 23.9 Å². The van der Waals surface area contributed by atoms with Gasteiger partial charge in [0.25, 0.3) is 0 Å². The first-order valence-electron chi connectivity index (χ1n) is 6.27. The van der Waals surface area contributed by atoms with Crippen molar-refractivity contribution in [2.75, 3.05) is 20.3 Å². The second-order valence-electron chi connectivity index (χ2n) is 4.65. The number of aliphatic hydroxyl groups is 2. The van der Waals surface area contributed by atoms with Crippen molar-refractivity contribution in [3.8, 4) is 0 Å². The van der Waals surface area contributed by atoms with Crippen LogP contribution in [0, 0.1) is 5.92 Å². The molecule has 0 spiro atoms. The van der Waals surface area contributed by atoms with E-state index in [9.17, 15) is 9.90 Å². The van der Waals surface area contributed by atoms with Gasteiger partial charge < -0.3 is 19.7 Å². The molecule has 0 aromatic rings. The van der Waals surface area contributed by atoms with Gasteiger partial charge in [-0.3, -0.25) is 0 Å². The molecule has 0 heterocycles. The SMILES string of the molecule is COC(=O)C1=CC(OCC(O)CO)C(C)C(N=[N+]=[N-])C1. The number of azide groups is 1. The number of esters is 1. The molecule has 0 aliphatic heterocycles. The lowest BCUT2D eigenvalue weighted by molar-refractivity contribution is -0.136. The average molecular weight is 285 g/mol. The van der Waals surface area contributed by atoms with Crippen molar-refractivity contribution in [3.63, 3.8) is 0 Å². The first kappa shape index (κ1) is 16.5. The minimum Gasteiger partial charge on any atom is -0.466 e. The molecular formula is C12H19N3O5. The molecule has 2 N–H and O–H groups in total. The van der Waals surface area contributed by atoms with Crippen LogP contribution in [0.1, 0.15) is 13.3 Å². The summed E-state index contributed by atoms with van der Waals surface area (Å²) in [6, 6.07) is -0.421. The second-order valence-corrected chi connectivity index (χ2v) is 4.65. The van der Waals surface area contributed by atoms with Crippen LogP contribution in [0.2, 0.25) is 0 Å². The summed E-state index contributed by atoms with van der Waals surface area (Å²) >= 11 is 0. The normalized spacial score (nSPS) is 27.2. The lowest BCUT2D eigenvalue weighted by Crippen LogP contribution is -2.37. The average Bonchev–Trinajstić information content (AvgIpc) is 2.46. The number of rotatable bonds is 6. The summed E-state index contributed by atoms with van der Waals surface area (Å²) in [5.74, 6) is -0.642. The minimum atomic E-state index is -0.989. The highest BCUT2D eigenvalue weighted by Gasteiger charge is 2.33. The van der Waals surface area contributed by atoms with E-state index >= 15 is 0 Å². The van der Waals surface area contributed by atoms with E-state index in [-0.39, 0.29) is 12.5 Å². The number of hydrogen-bond donors (Lipinski definition) is 2. The van der Waals surface area contributed by atoms with Crippen molar-refractivity contribution in [1.29, 1.82) is 0 Å². The molecule has 1 rings (SSSR count). The van der Waals surface area contributed by atoms with Gasteiger partial charge >= 0.3 is 5.97 Å². The number of hydrogen-bond acceptors (Lipinski definition) is 6. The van der Waals surface area contributed by atoms with Crippen LogP contribution in [-0.2, 0) is 14.3 Å². The zero-order chi connectivity index (χ0) is 15.1. The highest BCUT2D eigenvalue weighted by molar-refractivity contribution is 5.88. The number of carbonyl (C=O) groups excluding carboxylic acids is 1. The van der Waals surface area contributed by atoms with Crippen molar-refractivity contribution in [2.24, 2.45) is 11.0 Å². The van der Waals surface area contributed by atoms with E-state index in [4.69, 9.17) is 15.4 Å². The fraction of sp³-hybridized carbons (Fsp3) is 0.750. The number of aliphatic hydroxyl groups excluding tert-OH is 2. The smallest absolute Gasteiger partial charge is 0.333 e. The van der Waals surface area contributed by atoms with Gasteiger partial charge in [-0.2, -0.15) is 0 Å². The van der Waals surface area contributed by atoms with Crippen LogP contribution >= 0.6 is 0 Å². The molecule has 0 aromatic carbocycles. The number of methoxy groups -OCH3 is 1. The maximum absolute atomic E-state index is 11.6. The third-order valence-electron chi connectivity index (χ3n) is 3.26. The lowest BCUT2D eigenvalue weighted by Gasteiger charge is -2.32. The summed E-state index contributed by atoms with van der Waals surface area (Å²) in [7, 11) is 1.27. The van der Waals surface area contributed by atoms with E-state index in [1.165, 1.54) is 7.11 Å². The van der Waals surface area contributed by atoms with Gasteiger partial charge in [-0.1, -0.05) is 12.0 Å². The van der Waals surface area contributed by atoms with E-state index in [0.29, 0.717) is 12.0 Å². The number of nitrogens with zero attached hydrogens (tertiary/aromatic N) is 3. The lowest BCUT2D eigenvalue weighted by atomic mass is 9.84. The van der Waals surface area contributed by atoms with E-state index in [2.05, 4.69) is 14.8 Å². The molecule has 112 valence electrons. The van der Waals surface area contributed by atoms with Gasteiger partial charge in [-0.15, -0.1) is 0 Å². The summed E-state index contributed by atoms with van der Waals surface area (Å²) in [6.07, 6.45) is 0.427. The molecule has 0 radical (unpaired) electrons. The molecule has 4 unspecified atom stereocenters. The number of ether oxygens (including phenoxy) is 2. The van der Waals surface area contributed by atoms with Gasteiger partial charge in [-0.25, -0.2) is 4.79 Å². The van der Waals surface area contributed by atoms with Gasteiger partial charge in [0.05, 0.1) is 26.4 Å². The number of carbonyl (C=O) groups is 1. The standard InChI is InChI=1S/C12H19N3O5/c1-7-10(14-15-13)3-8(12(18)19-2)4-11(7)20-6-9(17)5-16/h4,7,9-11,16-17H,3,5-6H2,1-2H3. The molecular weight excluding hydrogens is 266 g/mol. The molecule has 1 aliphatic carbocycles. The monoisotopic (exact) mass is 285 g/mol. The minimum absolute atomic E-state index is 0.0700. The molecule has 8 nitrogen and oxygen atoms in total. The van der Waals surface area contributed by atoms with Gasteiger partial charge in [0.1, 0.15) is 6.10 Å². The molecule has 20 heavy (non-hydrogen) atoms. The first-order valence-corrected chi connectivity index (χ1v) is 6.27. The Labute approximate surface area is 116 Å². The zero-order valence-electron chi connectivity index (χ0n) is 11.5. The Hall–Kier alpha value is -1.60. The summed E-state index contributed by atoms with van der Waals surface area (Å²) in [5.41, 5.74) is 8.95. The highest BCUT2D eigenvalue weighted by atomic mass is 16.5. The molecule has 8 heteroatoms. The van der Waals surface area contributed by atoms with Crippen molar-refractivity contribution in [2.45, 2.75) is 31.6 Å². The highest BCUT2D eigenvalue weighted by Crippen LogP contribution is 2.29. The van der Waals surface area contributed by atoms with E-state index in [1.54, 1.807) is 6.08 Å². The van der Waals surface area contributed by atoms with Crippen molar-refractivity contribution in [1.82, 2.24) is 0 Å². The van der Waals surface area contributed by atoms with Crippen LogP contribution in [-0.4, -0.2) is 54.8 Å². The Morgan fingerprint density at radius 1 is 1.70 bits per heavy atom. The fourth-order valence-electron chi connectivity index (χ4n) is 2.02. The topological polar surface area (TPSA) is 125 Å². The third kappa shape index (κ3) is 4.21. The summed E-state index contributed by atoms with van der Waals surface area (Å²) in [4.78, 5) is 14.4. The van der Waals surface area contributed by atoms with Crippen molar-refractivity contribution in [3.05, 3.63) is 22.1 Å². The van der Waals surface area contributed by atoms with Crippen LogP contribution in [0.25, 0.3) is 10.4 Å². The molecule has 0 fully saturated rings. The summed E-state index contributed by atoms with van der Waals surface area (Å²) < 4.78 is 10.1. The molecule has 0 bridgehead atoms. The molecule has 0 amide bonds. The molecule has 4 atom stereocenters. The van der Waals surface area contributed by atoms with Crippen LogP contribution < -0.4 is 0 Å². The summed E-state index contributed by atoms with van der Waals surface area (Å²) in [6.45, 7) is 1.35. The maximum Gasteiger partial charge on any atom is 0.333 e. The van der Waals surface area contributed by atoms with Crippen LogP contribution in [0.3, 0.4) is 0 Å². The van der Waals surface area contributed by atoms with Crippen LogP contribution in [0.15, 0.2) is 16.8 Å². The predicted octanol–water partition coefficient (Wildman–Crippen LogP) is 0.543. The largest absolute Gasteiger partial charge is 0.466 e. The Balaban J connectivity index is 2.86. The fourth-order valence-corrected chi connectivity index (χ4v) is 2.02. The Morgan fingerprint density at radius 2 is 2.40 bits per heavy atom. The third-order valence-corrected chi connectivity index (χ3v) is 3.26. The Kier molecular flexibility index (Phi) is 6.47. The first-order chi connectivity index (χ1) is 9.53. The Bertz CT molecular complexity index is 419. The van der Waals surface area contributed by atoms with Gasteiger partial charge in [0.2, 0.25) is 0 Å². The second kappa shape index (κ2) is 7.86. The van der Waals surface area contributed by atoms with Crippen LogP contribution in [0.5, 0.6) is 0 Å². The van der Waals surface area contributed by atoms with E-state index < -0.39 is 30.8 Å². The zero-order valence-corrected chi connectivity index (χ0v) is 11.5. The Morgan fingerprint density at radius 3 is 2.95 bits per heavy atom. The molecule has 1 aliphatic rings. The van der Waals surface area contributed by atoms with E-state index in [1.807, 2.05) is 6.92 Å². The maximum atomic E-state index is 11.6. The van der Waals surface area contributed by atoms with E-state index in [0.717, 1.165) is 0 Å². The molecule has 0 aromatic heterocycles. The molecule has 0 saturated carbocycles. The van der Waals surface area contributed by atoms with Crippen molar-refractivity contribution < 1.29 is 24.5 Å².